The van der Waals surface area contributed by atoms with Crippen LogP contribution in [0.3, 0.4) is 0 Å². The molecule has 1 unspecified atom stereocenters. The molecule has 0 bridgehead atoms. The third-order valence-corrected chi connectivity index (χ3v) is 2.83. The summed E-state index contributed by atoms with van der Waals surface area (Å²) in [4.78, 5) is 32.4. The van der Waals surface area contributed by atoms with Crippen LogP contribution in [0.25, 0.3) is 0 Å². The molecule has 3 N–H and O–H groups in total. The molecule has 114 valence electrons. The lowest BCUT2D eigenvalue weighted by Crippen LogP contribution is -2.36. The number of nitro benzene ring substituents is 1. The van der Waals surface area contributed by atoms with Gasteiger partial charge in [-0.3, -0.25) is 14.9 Å². The van der Waals surface area contributed by atoms with Crippen molar-refractivity contribution in [3.8, 4) is 0 Å². The monoisotopic (exact) mass is 295 g/mol. The van der Waals surface area contributed by atoms with Crippen molar-refractivity contribution < 1.29 is 19.6 Å². The Morgan fingerprint density at radius 2 is 2.10 bits per heavy atom. The van der Waals surface area contributed by atoms with Gasteiger partial charge in [0.2, 0.25) is 0 Å². The van der Waals surface area contributed by atoms with Gasteiger partial charge in [-0.15, -0.1) is 0 Å². The number of nitro groups is 1. The zero-order valence-electron chi connectivity index (χ0n) is 11.8. The lowest BCUT2D eigenvalue weighted by atomic mass is 10.2. The maximum absolute atomic E-state index is 11.7. The van der Waals surface area contributed by atoms with Crippen LogP contribution in [0.15, 0.2) is 18.2 Å². The lowest BCUT2D eigenvalue weighted by Gasteiger charge is -2.13. The van der Waals surface area contributed by atoms with Gasteiger partial charge in [-0.05, 0) is 26.3 Å². The molecule has 0 aliphatic rings. The van der Waals surface area contributed by atoms with Gasteiger partial charge in [0.25, 0.3) is 5.69 Å². The lowest BCUT2D eigenvalue weighted by molar-refractivity contribution is -0.385. The Bertz CT molecular complexity index is 559. The average molecular weight is 295 g/mol. The fraction of sp³-hybridized carbons (Fsp3) is 0.385. The first-order valence-corrected chi connectivity index (χ1v) is 6.34. The van der Waals surface area contributed by atoms with Gasteiger partial charge in [0.05, 0.1) is 4.92 Å². The highest BCUT2D eigenvalue weighted by atomic mass is 16.6. The number of aliphatic carboxylic acids is 1. The Balaban J connectivity index is 2.61. The molecule has 0 radical (unpaired) electrons. The van der Waals surface area contributed by atoms with E-state index in [0.29, 0.717) is 17.7 Å². The molecule has 0 aliphatic carbocycles. The summed E-state index contributed by atoms with van der Waals surface area (Å²) < 4.78 is 0. The zero-order chi connectivity index (χ0) is 16.0. The molecular weight excluding hydrogens is 278 g/mol. The van der Waals surface area contributed by atoms with Crippen LogP contribution in [0.1, 0.15) is 25.3 Å². The fourth-order valence-corrected chi connectivity index (χ4v) is 1.69. The predicted molar refractivity (Wildman–Crippen MR) is 76.3 cm³/mol. The molecule has 8 heteroatoms. The predicted octanol–water partition coefficient (Wildman–Crippen LogP) is 2.28. The van der Waals surface area contributed by atoms with Crippen LogP contribution in [0.2, 0.25) is 0 Å². The first kappa shape index (κ1) is 16.4. The summed E-state index contributed by atoms with van der Waals surface area (Å²) in [6.07, 6.45) is 0.258. The van der Waals surface area contributed by atoms with Crippen LogP contribution in [-0.2, 0) is 4.79 Å². The Morgan fingerprint density at radius 1 is 1.43 bits per heavy atom. The van der Waals surface area contributed by atoms with E-state index >= 15 is 0 Å². The van der Waals surface area contributed by atoms with E-state index in [2.05, 4.69) is 10.6 Å². The Kier molecular flexibility index (Phi) is 5.65. The largest absolute Gasteiger partial charge is 0.481 e. The zero-order valence-corrected chi connectivity index (χ0v) is 11.8. The van der Waals surface area contributed by atoms with Gasteiger partial charge in [-0.2, -0.15) is 0 Å². The van der Waals surface area contributed by atoms with Crippen LogP contribution >= 0.6 is 0 Å². The van der Waals surface area contributed by atoms with Crippen LogP contribution in [-0.4, -0.2) is 28.1 Å². The molecule has 0 heterocycles. The van der Waals surface area contributed by atoms with Crippen LogP contribution < -0.4 is 10.6 Å². The number of hydrogen-bond acceptors (Lipinski definition) is 4. The summed E-state index contributed by atoms with van der Waals surface area (Å²) in [5.41, 5.74) is 0.725. The second-order valence-electron chi connectivity index (χ2n) is 4.69. The Morgan fingerprint density at radius 3 is 2.67 bits per heavy atom. The number of anilines is 1. The van der Waals surface area contributed by atoms with Crippen molar-refractivity contribution in [2.75, 3.05) is 5.32 Å². The number of urea groups is 1. The summed E-state index contributed by atoms with van der Waals surface area (Å²) in [6, 6.07) is 3.52. The molecule has 0 aliphatic heterocycles. The van der Waals surface area contributed by atoms with E-state index < -0.39 is 16.9 Å². The van der Waals surface area contributed by atoms with E-state index in [0.717, 1.165) is 0 Å². The number of carbonyl (C=O) groups excluding carboxylic acids is 1. The molecule has 0 saturated heterocycles. The number of rotatable bonds is 6. The van der Waals surface area contributed by atoms with E-state index in [9.17, 15) is 19.7 Å². The van der Waals surface area contributed by atoms with Gasteiger partial charge in [0.1, 0.15) is 0 Å². The number of carboxylic acids is 1. The summed E-state index contributed by atoms with van der Waals surface area (Å²) in [7, 11) is 0. The molecule has 1 aromatic carbocycles. The molecule has 2 amide bonds. The van der Waals surface area contributed by atoms with Crippen LogP contribution in [0.4, 0.5) is 16.2 Å². The minimum atomic E-state index is -0.932. The number of aryl methyl sites for hydroxylation is 1. The molecule has 1 aromatic rings. The first-order valence-electron chi connectivity index (χ1n) is 6.34. The molecule has 21 heavy (non-hydrogen) atoms. The number of hydrogen-bond donors (Lipinski definition) is 3. The smallest absolute Gasteiger partial charge is 0.319 e. The van der Waals surface area contributed by atoms with Crippen molar-refractivity contribution in [3.05, 3.63) is 33.9 Å². The number of carboxylic acid groups (broad SMARTS) is 1. The average Bonchev–Trinajstić information content (AvgIpc) is 2.38. The molecule has 0 spiro atoms. The highest BCUT2D eigenvalue weighted by Crippen LogP contribution is 2.22. The fourth-order valence-electron chi connectivity index (χ4n) is 1.69. The topological polar surface area (TPSA) is 122 Å². The van der Waals surface area contributed by atoms with E-state index in [-0.39, 0.29) is 18.2 Å². The number of benzene rings is 1. The van der Waals surface area contributed by atoms with Gasteiger partial charge in [0, 0.05) is 29.8 Å². The van der Waals surface area contributed by atoms with E-state index in [1.54, 1.807) is 26.0 Å². The van der Waals surface area contributed by atoms with E-state index in [1.165, 1.54) is 6.07 Å². The van der Waals surface area contributed by atoms with Gasteiger partial charge >= 0.3 is 12.0 Å². The second kappa shape index (κ2) is 7.22. The van der Waals surface area contributed by atoms with Gasteiger partial charge in [-0.1, -0.05) is 6.07 Å². The minimum absolute atomic E-state index is 0.0442. The van der Waals surface area contributed by atoms with Crippen molar-refractivity contribution in [3.63, 3.8) is 0 Å². The minimum Gasteiger partial charge on any atom is -0.481 e. The van der Waals surface area contributed by atoms with Crippen molar-refractivity contribution in [2.45, 2.75) is 32.7 Å². The van der Waals surface area contributed by atoms with Crippen LogP contribution in [0, 0.1) is 17.0 Å². The molecule has 1 rings (SSSR count). The van der Waals surface area contributed by atoms with Crippen molar-refractivity contribution in [1.82, 2.24) is 5.32 Å². The Labute approximate surface area is 121 Å². The summed E-state index contributed by atoms with van der Waals surface area (Å²) in [6.45, 7) is 3.29. The van der Waals surface area contributed by atoms with E-state index in [4.69, 9.17) is 5.11 Å². The number of nitrogens with one attached hydrogen (secondary N) is 2. The standard InChI is InChI=1S/C13H17N3O5/c1-8-3-5-10(7-11(8)16(20)21)15-13(19)14-9(2)4-6-12(17)18/h3,5,7,9H,4,6H2,1-2H3,(H,17,18)(H2,14,15,19). The molecule has 0 saturated carbocycles. The summed E-state index contributed by atoms with van der Waals surface area (Å²) >= 11 is 0. The summed E-state index contributed by atoms with van der Waals surface area (Å²) in [5.74, 6) is -0.932. The molecular formula is C13H17N3O5. The van der Waals surface area contributed by atoms with E-state index in [1.807, 2.05) is 0 Å². The first-order chi connectivity index (χ1) is 9.79. The van der Waals surface area contributed by atoms with Crippen molar-refractivity contribution in [1.29, 1.82) is 0 Å². The number of nitrogens with zero attached hydrogens (tertiary/aromatic N) is 1. The number of carbonyl (C=O) groups is 2. The molecule has 8 nitrogen and oxygen atoms in total. The highest BCUT2D eigenvalue weighted by molar-refractivity contribution is 5.89. The van der Waals surface area contributed by atoms with Gasteiger partial charge in [-0.25, -0.2) is 4.79 Å². The summed E-state index contributed by atoms with van der Waals surface area (Å²) in [5, 5.41) is 24.4. The molecule has 0 fully saturated rings. The SMILES string of the molecule is Cc1ccc(NC(=O)NC(C)CCC(=O)O)cc1[N+](=O)[O-]. The maximum atomic E-state index is 11.7. The third kappa shape index (κ3) is 5.47. The normalized spacial score (nSPS) is 11.5. The van der Waals surface area contributed by atoms with Crippen molar-refractivity contribution >= 4 is 23.4 Å². The number of amides is 2. The van der Waals surface area contributed by atoms with Crippen LogP contribution in [0.5, 0.6) is 0 Å². The van der Waals surface area contributed by atoms with Crippen molar-refractivity contribution in [2.24, 2.45) is 0 Å². The highest BCUT2D eigenvalue weighted by Gasteiger charge is 2.13. The molecule has 1 atom stereocenters. The van der Waals surface area contributed by atoms with Gasteiger partial charge in [0.15, 0.2) is 0 Å². The quantitative estimate of drug-likeness (QED) is 0.549. The van der Waals surface area contributed by atoms with Gasteiger partial charge < -0.3 is 15.7 Å². The Hall–Kier alpha value is -2.64. The second-order valence-corrected chi connectivity index (χ2v) is 4.69. The molecule has 0 aromatic heterocycles. The third-order valence-electron chi connectivity index (χ3n) is 2.83. The maximum Gasteiger partial charge on any atom is 0.319 e.